The van der Waals surface area contributed by atoms with Crippen LogP contribution in [0, 0.1) is 0 Å². The lowest BCUT2D eigenvalue weighted by Crippen LogP contribution is -2.30. The van der Waals surface area contributed by atoms with Crippen LogP contribution in [0.2, 0.25) is 0 Å². The molecule has 1 unspecified atom stereocenters. The fourth-order valence-corrected chi connectivity index (χ4v) is 3.09. The lowest BCUT2D eigenvalue weighted by Gasteiger charge is -2.27. The summed E-state index contributed by atoms with van der Waals surface area (Å²) in [5.41, 5.74) is 8.16. The summed E-state index contributed by atoms with van der Waals surface area (Å²) in [5.74, 6) is 1.10. The van der Waals surface area contributed by atoms with E-state index in [1.807, 2.05) is 6.07 Å². The maximum atomic E-state index is 5.93. The highest BCUT2D eigenvalue weighted by molar-refractivity contribution is 5.82. The Hall–Kier alpha value is -1.61. The van der Waals surface area contributed by atoms with Gasteiger partial charge in [0, 0.05) is 30.1 Å². The zero-order valence-electron chi connectivity index (χ0n) is 11.5. The van der Waals surface area contributed by atoms with Crippen LogP contribution >= 0.6 is 0 Å². The maximum Gasteiger partial charge on any atom is 0.134 e. The highest BCUT2D eigenvalue weighted by atomic mass is 15.2. The van der Waals surface area contributed by atoms with E-state index in [1.54, 1.807) is 0 Å². The zero-order chi connectivity index (χ0) is 13.2. The molecule has 3 heteroatoms. The van der Waals surface area contributed by atoms with Crippen molar-refractivity contribution in [1.29, 1.82) is 0 Å². The second kappa shape index (κ2) is 5.17. The predicted molar refractivity (Wildman–Crippen MR) is 80.3 cm³/mol. The molecule has 1 saturated heterocycles. The molecule has 0 aliphatic carbocycles. The molecule has 1 aromatic heterocycles. The van der Waals surface area contributed by atoms with E-state index in [0.29, 0.717) is 12.6 Å². The third-order valence-corrected chi connectivity index (χ3v) is 4.12. The molecule has 100 valence electrons. The van der Waals surface area contributed by atoms with Crippen molar-refractivity contribution in [3.63, 3.8) is 0 Å². The molecule has 0 amide bonds. The van der Waals surface area contributed by atoms with Crippen LogP contribution in [0.25, 0.3) is 10.9 Å². The number of para-hydroxylation sites is 1. The Morgan fingerprint density at radius 1 is 1.37 bits per heavy atom. The van der Waals surface area contributed by atoms with Gasteiger partial charge in [-0.2, -0.15) is 0 Å². The first-order valence-corrected chi connectivity index (χ1v) is 7.19. The van der Waals surface area contributed by atoms with Crippen LogP contribution in [0.15, 0.2) is 30.3 Å². The molecule has 0 saturated carbocycles. The maximum absolute atomic E-state index is 5.93. The van der Waals surface area contributed by atoms with Gasteiger partial charge in [0.1, 0.15) is 5.82 Å². The Kier molecular flexibility index (Phi) is 3.38. The van der Waals surface area contributed by atoms with Gasteiger partial charge in [-0.3, -0.25) is 0 Å². The molecular weight excluding hydrogens is 234 g/mol. The number of rotatable bonds is 3. The van der Waals surface area contributed by atoms with E-state index in [9.17, 15) is 0 Å². The van der Waals surface area contributed by atoms with E-state index in [4.69, 9.17) is 10.7 Å². The van der Waals surface area contributed by atoms with Crippen LogP contribution in [0.4, 0.5) is 5.82 Å². The normalized spacial score (nSPS) is 19.3. The van der Waals surface area contributed by atoms with E-state index >= 15 is 0 Å². The van der Waals surface area contributed by atoms with Crippen LogP contribution < -0.4 is 10.6 Å². The molecule has 2 aromatic rings. The molecule has 1 atom stereocenters. The van der Waals surface area contributed by atoms with Gasteiger partial charge in [0.15, 0.2) is 0 Å². The summed E-state index contributed by atoms with van der Waals surface area (Å²) in [6.45, 7) is 3.92. The van der Waals surface area contributed by atoms with Crippen LogP contribution in [0.3, 0.4) is 0 Å². The first-order chi connectivity index (χ1) is 9.33. The number of aromatic nitrogens is 1. The Morgan fingerprint density at radius 2 is 2.21 bits per heavy atom. The molecule has 0 radical (unpaired) electrons. The number of pyridine rings is 1. The number of anilines is 1. The number of nitrogens with two attached hydrogens (primary N) is 1. The Morgan fingerprint density at radius 3 is 3.00 bits per heavy atom. The van der Waals surface area contributed by atoms with Gasteiger partial charge >= 0.3 is 0 Å². The Balaban J connectivity index is 2.10. The number of hydrogen-bond acceptors (Lipinski definition) is 3. The molecule has 2 heterocycles. The van der Waals surface area contributed by atoms with Crippen LogP contribution in [0.1, 0.15) is 31.7 Å². The second-order valence-corrected chi connectivity index (χ2v) is 5.27. The number of fused-ring (bicyclic) bond motifs is 1. The van der Waals surface area contributed by atoms with Crippen molar-refractivity contribution < 1.29 is 0 Å². The third-order valence-electron chi connectivity index (χ3n) is 4.12. The summed E-state index contributed by atoms with van der Waals surface area (Å²) >= 11 is 0. The van der Waals surface area contributed by atoms with E-state index in [0.717, 1.165) is 17.9 Å². The minimum Gasteiger partial charge on any atom is -0.353 e. The Bertz CT molecular complexity index is 579. The highest BCUT2D eigenvalue weighted by Crippen LogP contribution is 2.30. The fourth-order valence-electron chi connectivity index (χ4n) is 3.09. The van der Waals surface area contributed by atoms with Crippen molar-refractivity contribution in [1.82, 2.24) is 4.98 Å². The zero-order valence-corrected chi connectivity index (χ0v) is 11.5. The standard InChI is InChI=1S/C16H21N3/c1-2-14-7-5-9-19(14)16-13(11-17)10-12-6-3-4-8-15(12)18-16/h3-4,6,8,10,14H,2,5,7,9,11,17H2,1H3. The van der Waals surface area contributed by atoms with Crippen LogP contribution in [0.5, 0.6) is 0 Å². The average molecular weight is 255 g/mol. The Labute approximate surface area is 114 Å². The smallest absolute Gasteiger partial charge is 0.134 e. The summed E-state index contributed by atoms with van der Waals surface area (Å²) in [7, 11) is 0. The lowest BCUT2D eigenvalue weighted by atomic mass is 10.1. The van der Waals surface area contributed by atoms with Gasteiger partial charge in [-0.25, -0.2) is 4.98 Å². The second-order valence-electron chi connectivity index (χ2n) is 5.27. The van der Waals surface area contributed by atoms with E-state index in [1.165, 1.54) is 30.2 Å². The van der Waals surface area contributed by atoms with Gasteiger partial charge in [0.2, 0.25) is 0 Å². The fraction of sp³-hybridized carbons (Fsp3) is 0.438. The van der Waals surface area contributed by atoms with Gasteiger partial charge in [-0.1, -0.05) is 25.1 Å². The summed E-state index contributed by atoms with van der Waals surface area (Å²) in [6, 6.07) is 11.1. The summed E-state index contributed by atoms with van der Waals surface area (Å²) in [5, 5.41) is 1.18. The molecule has 1 aromatic carbocycles. The van der Waals surface area contributed by atoms with E-state index in [2.05, 4.69) is 36.1 Å². The van der Waals surface area contributed by atoms with Gasteiger partial charge < -0.3 is 10.6 Å². The van der Waals surface area contributed by atoms with Crippen molar-refractivity contribution in [2.24, 2.45) is 5.73 Å². The largest absolute Gasteiger partial charge is 0.353 e. The third kappa shape index (κ3) is 2.19. The van der Waals surface area contributed by atoms with Crippen LogP contribution in [-0.4, -0.2) is 17.6 Å². The molecule has 0 bridgehead atoms. The highest BCUT2D eigenvalue weighted by Gasteiger charge is 2.25. The molecule has 19 heavy (non-hydrogen) atoms. The molecule has 0 spiro atoms. The number of benzene rings is 1. The molecular formula is C16H21N3. The van der Waals surface area contributed by atoms with E-state index < -0.39 is 0 Å². The minimum atomic E-state index is 0.556. The lowest BCUT2D eigenvalue weighted by molar-refractivity contribution is 0.639. The topological polar surface area (TPSA) is 42.2 Å². The molecule has 1 fully saturated rings. The summed E-state index contributed by atoms with van der Waals surface area (Å²) < 4.78 is 0. The molecule has 2 N–H and O–H groups in total. The molecule has 1 aliphatic heterocycles. The quantitative estimate of drug-likeness (QED) is 0.916. The predicted octanol–water partition coefficient (Wildman–Crippen LogP) is 3.07. The van der Waals surface area contributed by atoms with Gasteiger partial charge in [0.25, 0.3) is 0 Å². The monoisotopic (exact) mass is 255 g/mol. The molecule has 3 rings (SSSR count). The van der Waals surface area contributed by atoms with Gasteiger partial charge in [-0.15, -0.1) is 0 Å². The first kappa shape index (κ1) is 12.4. The summed E-state index contributed by atoms with van der Waals surface area (Å²) in [6.07, 6.45) is 3.71. The van der Waals surface area contributed by atoms with Crippen molar-refractivity contribution in [3.05, 3.63) is 35.9 Å². The SMILES string of the molecule is CCC1CCCN1c1nc2ccccc2cc1CN. The van der Waals surface area contributed by atoms with Crippen molar-refractivity contribution in [2.45, 2.75) is 38.8 Å². The molecule has 3 nitrogen and oxygen atoms in total. The van der Waals surface area contributed by atoms with Crippen LogP contribution in [-0.2, 0) is 6.54 Å². The summed E-state index contributed by atoms with van der Waals surface area (Å²) in [4.78, 5) is 7.33. The minimum absolute atomic E-state index is 0.556. The first-order valence-electron chi connectivity index (χ1n) is 7.19. The van der Waals surface area contributed by atoms with Gasteiger partial charge in [0.05, 0.1) is 5.52 Å². The van der Waals surface area contributed by atoms with Crippen molar-refractivity contribution in [3.8, 4) is 0 Å². The van der Waals surface area contributed by atoms with Gasteiger partial charge in [-0.05, 0) is 31.4 Å². The number of hydrogen-bond donors (Lipinski definition) is 1. The van der Waals surface area contributed by atoms with Crippen molar-refractivity contribution in [2.75, 3.05) is 11.4 Å². The average Bonchev–Trinajstić information content (AvgIpc) is 2.94. The van der Waals surface area contributed by atoms with Crippen molar-refractivity contribution >= 4 is 16.7 Å². The van der Waals surface area contributed by atoms with E-state index in [-0.39, 0.29) is 0 Å². The number of nitrogens with zero attached hydrogens (tertiary/aromatic N) is 2. The molecule has 1 aliphatic rings.